The molecule has 0 amide bonds. The smallest absolute Gasteiger partial charge is 0.335 e. The number of carboxylic acids is 1. The summed E-state index contributed by atoms with van der Waals surface area (Å²) in [4.78, 5) is 11.2. The minimum absolute atomic E-state index is 0.389. The molecule has 3 heteroatoms. The minimum atomic E-state index is -0.848. The Hall–Kier alpha value is -1.77. The van der Waals surface area contributed by atoms with Crippen molar-refractivity contribution in [3.8, 4) is 0 Å². The van der Waals surface area contributed by atoms with E-state index >= 15 is 0 Å². The van der Waals surface area contributed by atoms with E-state index in [9.17, 15) is 9.90 Å². The van der Waals surface area contributed by atoms with Gasteiger partial charge in [0.2, 0.25) is 0 Å². The number of hydrogen-bond acceptors (Lipinski definition) is 1. The molecule has 2 aromatic rings. The van der Waals surface area contributed by atoms with E-state index in [0.717, 1.165) is 43.2 Å². The van der Waals surface area contributed by atoms with Crippen molar-refractivity contribution in [3.05, 3.63) is 35.0 Å². The van der Waals surface area contributed by atoms with E-state index in [-0.39, 0.29) is 0 Å². The van der Waals surface area contributed by atoms with Gasteiger partial charge in [0, 0.05) is 18.1 Å². The Morgan fingerprint density at radius 2 is 2.00 bits per heavy atom. The van der Waals surface area contributed by atoms with E-state index in [1.165, 1.54) is 11.1 Å². The number of aromatic carboxylic acids is 1. The van der Waals surface area contributed by atoms with Crippen LogP contribution in [-0.4, -0.2) is 15.6 Å². The molecule has 3 nitrogen and oxygen atoms in total. The average molecular weight is 273 g/mol. The zero-order chi connectivity index (χ0) is 14.7. The Morgan fingerprint density at radius 3 is 2.60 bits per heavy atom. The largest absolute Gasteiger partial charge is 0.478 e. The lowest BCUT2D eigenvalue weighted by Gasteiger charge is -2.07. The Labute approximate surface area is 120 Å². The normalized spacial score (nSPS) is 11.2. The highest BCUT2D eigenvalue weighted by Crippen LogP contribution is 2.28. The number of benzene rings is 1. The van der Waals surface area contributed by atoms with Crippen LogP contribution in [0.3, 0.4) is 0 Å². The first-order valence-corrected chi connectivity index (χ1v) is 7.44. The number of carboxylic acid groups (broad SMARTS) is 1. The van der Waals surface area contributed by atoms with Crippen molar-refractivity contribution < 1.29 is 9.90 Å². The van der Waals surface area contributed by atoms with Crippen LogP contribution in [-0.2, 0) is 13.0 Å². The Morgan fingerprint density at radius 1 is 1.25 bits per heavy atom. The summed E-state index contributed by atoms with van der Waals surface area (Å²) in [5, 5.41) is 10.3. The van der Waals surface area contributed by atoms with Crippen molar-refractivity contribution in [1.82, 2.24) is 4.57 Å². The van der Waals surface area contributed by atoms with Crippen LogP contribution in [0, 0.1) is 6.92 Å². The maximum Gasteiger partial charge on any atom is 0.335 e. The Balaban J connectivity index is 2.62. The second kappa shape index (κ2) is 6.12. The fraction of sp³-hybridized carbons (Fsp3) is 0.471. The van der Waals surface area contributed by atoms with Crippen LogP contribution in [0.2, 0.25) is 0 Å². The highest BCUT2D eigenvalue weighted by atomic mass is 16.4. The van der Waals surface area contributed by atoms with Gasteiger partial charge in [-0.25, -0.2) is 4.79 Å². The first kappa shape index (κ1) is 14.6. The van der Waals surface area contributed by atoms with Crippen LogP contribution in [0.1, 0.15) is 54.6 Å². The van der Waals surface area contributed by atoms with Gasteiger partial charge in [0.15, 0.2) is 0 Å². The molecule has 0 aliphatic carbocycles. The quantitative estimate of drug-likeness (QED) is 0.847. The van der Waals surface area contributed by atoms with E-state index in [4.69, 9.17) is 0 Å². The number of fused-ring (bicyclic) bond motifs is 1. The van der Waals surface area contributed by atoms with Gasteiger partial charge in [-0.2, -0.15) is 0 Å². The number of hydrogen-bond donors (Lipinski definition) is 1. The first-order chi connectivity index (χ1) is 9.58. The zero-order valence-corrected chi connectivity index (χ0v) is 12.6. The summed E-state index contributed by atoms with van der Waals surface area (Å²) >= 11 is 0. The summed E-state index contributed by atoms with van der Waals surface area (Å²) < 4.78 is 2.30. The average Bonchev–Trinajstić information content (AvgIpc) is 2.75. The third-order valence-electron chi connectivity index (χ3n) is 3.76. The molecule has 20 heavy (non-hydrogen) atoms. The van der Waals surface area contributed by atoms with Crippen LogP contribution in [0.4, 0.5) is 0 Å². The van der Waals surface area contributed by atoms with Crippen molar-refractivity contribution in [1.29, 1.82) is 0 Å². The van der Waals surface area contributed by atoms with Gasteiger partial charge in [-0.3, -0.25) is 0 Å². The van der Waals surface area contributed by atoms with Crippen LogP contribution in [0.5, 0.6) is 0 Å². The minimum Gasteiger partial charge on any atom is -0.478 e. The summed E-state index contributed by atoms with van der Waals surface area (Å²) in [7, 11) is 0. The highest BCUT2D eigenvalue weighted by molar-refractivity contribution is 5.96. The molecule has 0 saturated heterocycles. The van der Waals surface area contributed by atoms with Gasteiger partial charge >= 0.3 is 5.97 Å². The van der Waals surface area contributed by atoms with Gasteiger partial charge in [-0.05, 0) is 43.0 Å². The van der Waals surface area contributed by atoms with Crippen LogP contribution < -0.4 is 0 Å². The van der Waals surface area contributed by atoms with Gasteiger partial charge in [0.1, 0.15) is 0 Å². The van der Waals surface area contributed by atoms with Crippen LogP contribution >= 0.6 is 0 Å². The molecule has 0 bridgehead atoms. The topological polar surface area (TPSA) is 42.2 Å². The third kappa shape index (κ3) is 2.72. The molecule has 0 aliphatic rings. The SMILES string of the molecule is CCCCn1cc(CCC)c2cc(C(=O)O)cc(C)c21. The molecule has 0 atom stereocenters. The number of aryl methyl sites for hydroxylation is 3. The van der Waals surface area contributed by atoms with Gasteiger partial charge in [0.05, 0.1) is 11.1 Å². The lowest BCUT2D eigenvalue weighted by Crippen LogP contribution is -2.00. The Kier molecular flexibility index (Phi) is 4.48. The predicted octanol–water partition coefficient (Wildman–Crippen LogP) is 4.40. The highest BCUT2D eigenvalue weighted by Gasteiger charge is 2.14. The van der Waals surface area contributed by atoms with E-state index in [2.05, 4.69) is 24.6 Å². The number of aromatic nitrogens is 1. The van der Waals surface area contributed by atoms with E-state index < -0.39 is 5.97 Å². The van der Waals surface area contributed by atoms with E-state index in [1.54, 1.807) is 6.07 Å². The predicted molar refractivity (Wildman–Crippen MR) is 82.5 cm³/mol. The molecule has 0 aliphatic heterocycles. The summed E-state index contributed by atoms with van der Waals surface area (Å²) in [6.07, 6.45) is 6.59. The fourth-order valence-electron chi connectivity index (χ4n) is 2.82. The van der Waals surface area contributed by atoms with Crippen molar-refractivity contribution >= 4 is 16.9 Å². The van der Waals surface area contributed by atoms with Crippen molar-refractivity contribution in [3.63, 3.8) is 0 Å². The second-order valence-electron chi connectivity index (χ2n) is 5.45. The van der Waals surface area contributed by atoms with Gasteiger partial charge < -0.3 is 9.67 Å². The summed E-state index contributed by atoms with van der Waals surface area (Å²) in [6.45, 7) is 7.36. The molecule has 108 valence electrons. The molecule has 1 N–H and O–H groups in total. The zero-order valence-electron chi connectivity index (χ0n) is 12.6. The maximum absolute atomic E-state index is 11.2. The van der Waals surface area contributed by atoms with Crippen LogP contribution in [0.15, 0.2) is 18.3 Å². The number of nitrogens with zero attached hydrogens (tertiary/aromatic N) is 1. The van der Waals surface area contributed by atoms with E-state index in [1.807, 2.05) is 13.0 Å². The summed E-state index contributed by atoms with van der Waals surface area (Å²) in [5.41, 5.74) is 3.91. The standard InChI is InChI=1S/C17H23NO2/c1-4-6-8-18-11-13(7-5-2)15-10-14(17(19)20)9-12(3)16(15)18/h9-11H,4-8H2,1-3H3,(H,19,20). The molecule has 0 saturated carbocycles. The molecule has 2 rings (SSSR count). The second-order valence-corrected chi connectivity index (χ2v) is 5.45. The molecule has 1 heterocycles. The van der Waals surface area contributed by atoms with Gasteiger partial charge in [-0.15, -0.1) is 0 Å². The van der Waals surface area contributed by atoms with E-state index in [0.29, 0.717) is 5.56 Å². The third-order valence-corrected chi connectivity index (χ3v) is 3.76. The fourth-order valence-corrected chi connectivity index (χ4v) is 2.82. The molecule has 0 fully saturated rings. The monoisotopic (exact) mass is 273 g/mol. The number of rotatable bonds is 6. The molecule has 0 unspecified atom stereocenters. The molecular formula is C17H23NO2. The van der Waals surface area contributed by atoms with Crippen molar-refractivity contribution in [2.24, 2.45) is 0 Å². The van der Waals surface area contributed by atoms with Crippen molar-refractivity contribution in [2.75, 3.05) is 0 Å². The number of unbranched alkanes of at least 4 members (excludes halogenated alkanes) is 1. The van der Waals surface area contributed by atoms with Crippen LogP contribution in [0.25, 0.3) is 10.9 Å². The molecule has 0 spiro atoms. The molecule has 1 aromatic heterocycles. The maximum atomic E-state index is 11.2. The van der Waals surface area contributed by atoms with Crippen molar-refractivity contribution in [2.45, 2.75) is 53.0 Å². The number of carbonyl (C=O) groups is 1. The molecule has 1 aromatic carbocycles. The lowest BCUT2D eigenvalue weighted by molar-refractivity contribution is 0.0697. The summed E-state index contributed by atoms with van der Waals surface area (Å²) in [5.74, 6) is -0.848. The van der Waals surface area contributed by atoms with Gasteiger partial charge in [-0.1, -0.05) is 26.7 Å². The Bertz CT molecular complexity index is 625. The lowest BCUT2D eigenvalue weighted by atomic mass is 10.0. The first-order valence-electron chi connectivity index (χ1n) is 7.44. The van der Waals surface area contributed by atoms with Gasteiger partial charge in [0.25, 0.3) is 0 Å². The summed E-state index contributed by atoms with van der Waals surface area (Å²) in [6, 6.07) is 3.61. The molecular weight excluding hydrogens is 250 g/mol. The molecule has 0 radical (unpaired) electrons.